The summed E-state index contributed by atoms with van der Waals surface area (Å²) in [5.74, 6) is 0.925. The molecule has 0 aromatic carbocycles. The fourth-order valence-corrected chi connectivity index (χ4v) is 3.28. The maximum absolute atomic E-state index is 11.7. The minimum absolute atomic E-state index is 0.204. The zero-order valence-electron chi connectivity index (χ0n) is 14.2. The first-order chi connectivity index (χ1) is 11.2. The van der Waals surface area contributed by atoms with Crippen LogP contribution >= 0.6 is 15.9 Å². The Hall–Kier alpha value is -1.65. The third-order valence-electron chi connectivity index (χ3n) is 3.24. The second kappa shape index (κ2) is 7.49. The standard InChI is InChI=1S/C14H22BrN5O3Si/c1-9-7-10(19-23-9)17-14-11(13(16)21)12(15)18-20(14)8-22-5-6-24(2,3)4/h7H,5-6,8H2,1-4H3,(H2,16,21)(H,17,19). The molecule has 3 N–H and O–H groups in total. The van der Waals surface area contributed by atoms with Crippen molar-refractivity contribution >= 4 is 41.5 Å². The van der Waals surface area contributed by atoms with Crippen LogP contribution in [0.2, 0.25) is 25.7 Å². The molecule has 0 aliphatic heterocycles. The average molecular weight is 416 g/mol. The summed E-state index contributed by atoms with van der Waals surface area (Å²) < 4.78 is 12.6. The second-order valence-corrected chi connectivity index (χ2v) is 13.0. The minimum Gasteiger partial charge on any atom is -0.365 e. The van der Waals surface area contributed by atoms with E-state index in [1.807, 2.05) is 0 Å². The Morgan fingerprint density at radius 1 is 1.50 bits per heavy atom. The Labute approximate surface area is 149 Å². The van der Waals surface area contributed by atoms with Crippen LogP contribution in [-0.4, -0.2) is 35.5 Å². The number of carbonyl (C=O) groups is 1. The number of anilines is 2. The van der Waals surface area contributed by atoms with Crippen molar-refractivity contribution in [1.82, 2.24) is 14.9 Å². The Morgan fingerprint density at radius 2 is 2.21 bits per heavy atom. The van der Waals surface area contributed by atoms with Crippen molar-refractivity contribution in [3.8, 4) is 0 Å². The van der Waals surface area contributed by atoms with E-state index in [4.69, 9.17) is 15.0 Å². The number of nitrogens with one attached hydrogen (secondary N) is 1. The van der Waals surface area contributed by atoms with Gasteiger partial charge in [-0.1, -0.05) is 24.8 Å². The van der Waals surface area contributed by atoms with Crippen LogP contribution in [-0.2, 0) is 11.5 Å². The van der Waals surface area contributed by atoms with E-state index in [1.165, 1.54) is 0 Å². The molecule has 10 heteroatoms. The highest BCUT2D eigenvalue weighted by molar-refractivity contribution is 9.10. The molecule has 2 aromatic heterocycles. The molecule has 0 bridgehead atoms. The van der Waals surface area contributed by atoms with Gasteiger partial charge in [-0.3, -0.25) is 4.79 Å². The first kappa shape index (κ1) is 18.7. The number of aryl methyl sites for hydroxylation is 1. The monoisotopic (exact) mass is 415 g/mol. The van der Waals surface area contributed by atoms with Crippen molar-refractivity contribution in [3.63, 3.8) is 0 Å². The van der Waals surface area contributed by atoms with E-state index < -0.39 is 14.0 Å². The number of rotatable bonds is 8. The van der Waals surface area contributed by atoms with Crippen LogP contribution in [0.3, 0.4) is 0 Å². The molecular formula is C14H22BrN5O3Si. The van der Waals surface area contributed by atoms with Gasteiger partial charge in [0.05, 0.1) is 0 Å². The number of hydrogen-bond donors (Lipinski definition) is 2. The topological polar surface area (TPSA) is 108 Å². The lowest BCUT2D eigenvalue weighted by Crippen LogP contribution is -2.22. The third kappa shape index (κ3) is 4.92. The highest BCUT2D eigenvalue weighted by Crippen LogP contribution is 2.27. The maximum atomic E-state index is 11.7. The highest BCUT2D eigenvalue weighted by Gasteiger charge is 2.22. The average Bonchev–Trinajstić information content (AvgIpc) is 2.98. The van der Waals surface area contributed by atoms with E-state index in [1.54, 1.807) is 17.7 Å². The number of nitrogens with two attached hydrogens (primary N) is 1. The Bertz CT molecular complexity index is 723. The molecule has 0 unspecified atom stereocenters. The van der Waals surface area contributed by atoms with Crippen molar-refractivity contribution in [2.75, 3.05) is 11.9 Å². The normalized spacial score (nSPS) is 11.7. The van der Waals surface area contributed by atoms with Crippen LogP contribution in [0.5, 0.6) is 0 Å². The summed E-state index contributed by atoms with van der Waals surface area (Å²) in [7, 11) is -1.17. The number of ether oxygens (including phenoxy) is 1. The Balaban J connectivity index is 2.17. The summed E-state index contributed by atoms with van der Waals surface area (Å²) in [6.07, 6.45) is 0. The zero-order valence-corrected chi connectivity index (χ0v) is 16.8. The van der Waals surface area contributed by atoms with Gasteiger partial charge in [0.1, 0.15) is 28.5 Å². The van der Waals surface area contributed by atoms with Crippen molar-refractivity contribution in [2.24, 2.45) is 5.73 Å². The molecule has 0 aliphatic carbocycles. The minimum atomic E-state index is -1.17. The van der Waals surface area contributed by atoms with Crippen LogP contribution in [0.15, 0.2) is 15.2 Å². The molecule has 0 saturated carbocycles. The predicted octanol–water partition coefficient (Wildman–Crippen LogP) is 3.10. The molecule has 24 heavy (non-hydrogen) atoms. The first-order valence-electron chi connectivity index (χ1n) is 7.51. The molecule has 1 amide bonds. The highest BCUT2D eigenvalue weighted by atomic mass is 79.9. The lowest BCUT2D eigenvalue weighted by atomic mass is 10.3. The van der Waals surface area contributed by atoms with Crippen molar-refractivity contribution in [3.05, 3.63) is 22.0 Å². The third-order valence-corrected chi connectivity index (χ3v) is 5.50. The maximum Gasteiger partial charge on any atom is 0.255 e. The number of primary amides is 1. The molecule has 0 spiro atoms. The largest absolute Gasteiger partial charge is 0.365 e. The van der Waals surface area contributed by atoms with Crippen molar-refractivity contribution < 1.29 is 14.1 Å². The molecule has 0 aliphatic rings. The summed E-state index contributed by atoms with van der Waals surface area (Å²) in [6, 6.07) is 2.76. The smallest absolute Gasteiger partial charge is 0.255 e. The molecule has 0 saturated heterocycles. The number of halogens is 1. The lowest BCUT2D eigenvalue weighted by Gasteiger charge is -2.16. The predicted molar refractivity (Wildman–Crippen MR) is 97.1 cm³/mol. The molecule has 2 heterocycles. The molecule has 0 atom stereocenters. The molecule has 8 nitrogen and oxygen atoms in total. The van der Waals surface area contributed by atoms with Crippen LogP contribution in [0, 0.1) is 6.92 Å². The van der Waals surface area contributed by atoms with E-state index in [9.17, 15) is 4.79 Å². The van der Waals surface area contributed by atoms with Crippen LogP contribution < -0.4 is 11.1 Å². The van der Waals surface area contributed by atoms with Crippen LogP contribution in [0.25, 0.3) is 0 Å². The fourth-order valence-electron chi connectivity index (χ4n) is 1.95. The summed E-state index contributed by atoms with van der Waals surface area (Å²) in [5, 5.41) is 11.1. The summed E-state index contributed by atoms with van der Waals surface area (Å²) >= 11 is 3.26. The molecule has 132 valence electrons. The van der Waals surface area contributed by atoms with E-state index in [2.05, 4.69) is 51.1 Å². The van der Waals surface area contributed by atoms with Gasteiger partial charge in [0, 0.05) is 20.7 Å². The summed E-state index contributed by atoms with van der Waals surface area (Å²) in [4.78, 5) is 11.7. The van der Waals surface area contributed by atoms with E-state index in [0.29, 0.717) is 28.6 Å². The number of amides is 1. The number of carbonyl (C=O) groups excluding carboxylic acids is 1. The van der Waals surface area contributed by atoms with E-state index in [-0.39, 0.29) is 12.3 Å². The van der Waals surface area contributed by atoms with Gasteiger partial charge in [0.2, 0.25) is 0 Å². The second-order valence-electron chi connectivity index (χ2n) is 6.67. The Kier molecular flexibility index (Phi) is 5.83. The van der Waals surface area contributed by atoms with Gasteiger partial charge in [-0.2, -0.15) is 5.10 Å². The SMILES string of the molecule is Cc1cc(Nc2c(C(N)=O)c(Br)nn2COCC[Si](C)(C)C)no1. The van der Waals surface area contributed by atoms with Gasteiger partial charge >= 0.3 is 0 Å². The summed E-state index contributed by atoms with van der Waals surface area (Å²) in [6.45, 7) is 9.47. The van der Waals surface area contributed by atoms with Gasteiger partial charge < -0.3 is 20.3 Å². The molecule has 0 radical (unpaired) electrons. The van der Waals surface area contributed by atoms with Gasteiger partial charge in [-0.15, -0.1) is 0 Å². The van der Waals surface area contributed by atoms with Crippen molar-refractivity contribution in [1.29, 1.82) is 0 Å². The van der Waals surface area contributed by atoms with E-state index >= 15 is 0 Å². The van der Waals surface area contributed by atoms with Gasteiger partial charge in [-0.05, 0) is 28.9 Å². The van der Waals surface area contributed by atoms with Gasteiger partial charge in [0.25, 0.3) is 5.91 Å². The van der Waals surface area contributed by atoms with Crippen LogP contribution in [0.4, 0.5) is 11.6 Å². The van der Waals surface area contributed by atoms with Crippen molar-refractivity contribution in [2.45, 2.75) is 39.3 Å². The Morgan fingerprint density at radius 3 is 2.75 bits per heavy atom. The molecule has 0 fully saturated rings. The quantitative estimate of drug-likeness (QED) is 0.506. The van der Waals surface area contributed by atoms with E-state index in [0.717, 1.165) is 6.04 Å². The number of hydrogen-bond acceptors (Lipinski definition) is 6. The summed E-state index contributed by atoms with van der Waals surface area (Å²) in [5.41, 5.74) is 5.70. The molecule has 2 rings (SSSR count). The molecular weight excluding hydrogens is 394 g/mol. The number of nitrogens with zero attached hydrogens (tertiary/aromatic N) is 3. The number of aromatic nitrogens is 3. The van der Waals surface area contributed by atoms with Gasteiger partial charge in [-0.25, -0.2) is 4.68 Å². The van der Waals surface area contributed by atoms with Gasteiger partial charge in [0.15, 0.2) is 5.82 Å². The fraction of sp³-hybridized carbons (Fsp3) is 0.500. The molecule has 2 aromatic rings. The first-order valence-corrected chi connectivity index (χ1v) is 12.0. The van der Waals surface area contributed by atoms with Crippen LogP contribution in [0.1, 0.15) is 16.1 Å². The lowest BCUT2D eigenvalue weighted by molar-refractivity contribution is 0.0798. The zero-order chi connectivity index (χ0) is 17.9.